The maximum absolute atomic E-state index is 9.24. The van der Waals surface area contributed by atoms with Gasteiger partial charge in [-0.3, -0.25) is 0 Å². The molecule has 1 unspecified atom stereocenters. The van der Waals surface area contributed by atoms with Gasteiger partial charge >= 0.3 is 0 Å². The molecule has 0 aromatic carbocycles. The summed E-state index contributed by atoms with van der Waals surface area (Å²) in [4.78, 5) is 0. The lowest BCUT2D eigenvalue weighted by Gasteiger charge is -2.28. The fourth-order valence-corrected chi connectivity index (χ4v) is 1.42. The Labute approximate surface area is 56.1 Å². The summed E-state index contributed by atoms with van der Waals surface area (Å²) in [5, 5.41) is 9.24. The number of aliphatic hydroxyl groups is 1. The molecule has 9 heavy (non-hydrogen) atoms. The highest BCUT2D eigenvalue weighted by Gasteiger charge is 2.22. The number of nitrogens with two attached hydrogens (primary N) is 1. The Kier molecular flexibility index (Phi) is 2.09. The summed E-state index contributed by atoms with van der Waals surface area (Å²) in [6.45, 7) is 2.06. The van der Waals surface area contributed by atoms with Crippen molar-refractivity contribution in [2.45, 2.75) is 38.3 Å². The molecule has 1 rings (SSSR count). The Balaban J connectivity index is 2.35. The van der Waals surface area contributed by atoms with Gasteiger partial charge in [0.05, 0.1) is 6.10 Å². The van der Waals surface area contributed by atoms with Gasteiger partial charge in [0.1, 0.15) is 0 Å². The second-order valence-corrected chi connectivity index (χ2v) is 3.12. The lowest BCUT2D eigenvalue weighted by Crippen LogP contribution is -2.34. The minimum atomic E-state index is -0.0928. The standard InChI is InChI=1S/C7H15NO/c1-5-4-6(8)2-3-7(5)9/h5-7,9H,2-4,8H2,1H3/t5?,6-,7+/m1/s1. The summed E-state index contributed by atoms with van der Waals surface area (Å²) < 4.78 is 0. The molecule has 0 aromatic rings. The predicted molar refractivity (Wildman–Crippen MR) is 37.0 cm³/mol. The third-order valence-corrected chi connectivity index (χ3v) is 2.16. The third kappa shape index (κ3) is 1.66. The molecular formula is C7H15NO. The van der Waals surface area contributed by atoms with Gasteiger partial charge in [0.25, 0.3) is 0 Å². The van der Waals surface area contributed by atoms with Gasteiger partial charge < -0.3 is 10.8 Å². The fourth-order valence-electron chi connectivity index (χ4n) is 1.42. The van der Waals surface area contributed by atoms with Crippen molar-refractivity contribution < 1.29 is 5.11 Å². The second-order valence-electron chi connectivity index (χ2n) is 3.12. The Hall–Kier alpha value is -0.0800. The normalized spacial score (nSPS) is 45.0. The first-order chi connectivity index (χ1) is 4.20. The first-order valence-electron chi connectivity index (χ1n) is 3.64. The molecule has 54 valence electrons. The van der Waals surface area contributed by atoms with E-state index in [-0.39, 0.29) is 6.10 Å². The van der Waals surface area contributed by atoms with Crippen LogP contribution in [0.4, 0.5) is 0 Å². The highest BCUT2D eigenvalue weighted by molar-refractivity contribution is 4.78. The van der Waals surface area contributed by atoms with Crippen molar-refractivity contribution in [2.75, 3.05) is 0 Å². The van der Waals surface area contributed by atoms with Crippen LogP contribution in [0.3, 0.4) is 0 Å². The van der Waals surface area contributed by atoms with Crippen LogP contribution < -0.4 is 5.73 Å². The summed E-state index contributed by atoms with van der Waals surface area (Å²) in [6.07, 6.45) is 2.78. The molecule has 0 heterocycles. The summed E-state index contributed by atoms with van der Waals surface area (Å²) in [5.74, 6) is 0.411. The molecule has 0 saturated heterocycles. The molecule has 3 atom stereocenters. The van der Waals surface area contributed by atoms with Crippen LogP contribution in [0.2, 0.25) is 0 Å². The average molecular weight is 129 g/mol. The summed E-state index contributed by atoms with van der Waals surface area (Å²) in [6, 6.07) is 0.336. The Morgan fingerprint density at radius 3 is 2.56 bits per heavy atom. The van der Waals surface area contributed by atoms with E-state index in [1.165, 1.54) is 0 Å². The molecule has 1 saturated carbocycles. The van der Waals surface area contributed by atoms with Gasteiger partial charge in [0.15, 0.2) is 0 Å². The zero-order chi connectivity index (χ0) is 6.85. The monoisotopic (exact) mass is 129 g/mol. The maximum Gasteiger partial charge on any atom is 0.0566 e. The molecule has 0 bridgehead atoms. The van der Waals surface area contributed by atoms with Crippen LogP contribution >= 0.6 is 0 Å². The molecule has 3 N–H and O–H groups in total. The van der Waals surface area contributed by atoms with E-state index >= 15 is 0 Å². The first kappa shape index (κ1) is 7.03. The van der Waals surface area contributed by atoms with Gasteiger partial charge in [0, 0.05) is 6.04 Å². The number of aliphatic hydroxyl groups excluding tert-OH is 1. The quantitative estimate of drug-likeness (QED) is 0.500. The molecule has 0 aliphatic heterocycles. The van der Waals surface area contributed by atoms with Gasteiger partial charge in [-0.2, -0.15) is 0 Å². The van der Waals surface area contributed by atoms with Crippen LogP contribution in [-0.2, 0) is 0 Å². The van der Waals surface area contributed by atoms with E-state index in [1.807, 2.05) is 0 Å². The highest BCUT2D eigenvalue weighted by atomic mass is 16.3. The molecule has 1 aliphatic rings. The molecular weight excluding hydrogens is 114 g/mol. The molecule has 1 fully saturated rings. The van der Waals surface area contributed by atoms with E-state index in [9.17, 15) is 5.11 Å². The SMILES string of the molecule is CC1C[C@H](N)CC[C@@H]1O. The fraction of sp³-hybridized carbons (Fsp3) is 1.00. The lowest BCUT2D eigenvalue weighted by molar-refractivity contribution is 0.0721. The van der Waals surface area contributed by atoms with Crippen LogP contribution in [0.5, 0.6) is 0 Å². The lowest BCUT2D eigenvalue weighted by atomic mass is 9.85. The van der Waals surface area contributed by atoms with E-state index in [0.717, 1.165) is 19.3 Å². The highest BCUT2D eigenvalue weighted by Crippen LogP contribution is 2.22. The van der Waals surface area contributed by atoms with E-state index in [0.29, 0.717) is 12.0 Å². The zero-order valence-electron chi connectivity index (χ0n) is 5.88. The summed E-state index contributed by atoms with van der Waals surface area (Å²) >= 11 is 0. The number of hydrogen-bond donors (Lipinski definition) is 2. The smallest absolute Gasteiger partial charge is 0.0566 e. The molecule has 2 heteroatoms. The van der Waals surface area contributed by atoms with Crippen molar-refractivity contribution in [3.05, 3.63) is 0 Å². The van der Waals surface area contributed by atoms with E-state index in [4.69, 9.17) is 5.73 Å². The average Bonchev–Trinajstić information content (AvgIpc) is 1.80. The van der Waals surface area contributed by atoms with Crippen molar-refractivity contribution in [2.24, 2.45) is 11.7 Å². The molecule has 2 nitrogen and oxygen atoms in total. The largest absolute Gasteiger partial charge is 0.393 e. The molecule has 0 aromatic heterocycles. The van der Waals surface area contributed by atoms with Crippen molar-refractivity contribution in [1.82, 2.24) is 0 Å². The summed E-state index contributed by atoms with van der Waals surface area (Å²) in [7, 11) is 0. The van der Waals surface area contributed by atoms with E-state index < -0.39 is 0 Å². The minimum Gasteiger partial charge on any atom is -0.393 e. The van der Waals surface area contributed by atoms with Crippen molar-refractivity contribution in [3.8, 4) is 0 Å². The van der Waals surface area contributed by atoms with Crippen molar-refractivity contribution >= 4 is 0 Å². The number of hydrogen-bond acceptors (Lipinski definition) is 2. The van der Waals surface area contributed by atoms with Crippen LogP contribution in [0, 0.1) is 5.92 Å². The van der Waals surface area contributed by atoms with Gasteiger partial charge in [-0.05, 0) is 25.2 Å². The van der Waals surface area contributed by atoms with Crippen LogP contribution in [-0.4, -0.2) is 17.3 Å². The van der Waals surface area contributed by atoms with Crippen molar-refractivity contribution in [1.29, 1.82) is 0 Å². The van der Waals surface area contributed by atoms with Crippen molar-refractivity contribution in [3.63, 3.8) is 0 Å². The Bertz CT molecular complexity index is 94.9. The molecule has 1 aliphatic carbocycles. The number of rotatable bonds is 0. The van der Waals surface area contributed by atoms with E-state index in [2.05, 4.69) is 6.92 Å². The Morgan fingerprint density at radius 1 is 1.44 bits per heavy atom. The van der Waals surface area contributed by atoms with Gasteiger partial charge in [-0.1, -0.05) is 6.92 Å². The van der Waals surface area contributed by atoms with Crippen LogP contribution in [0.15, 0.2) is 0 Å². The zero-order valence-corrected chi connectivity index (χ0v) is 5.88. The topological polar surface area (TPSA) is 46.2 Å². The van der Waals surface area contributed by atoms with Crippen LogP contribution in [0.1, 0.15) is 26.2 Å². The Morgan fingerprint density at radius 2 is 2.11 bits per heavy atom. The predicted octanol–water partition coefficient (Wildman–Crippen LogP) is 0.495. The molecule has 0 radical (unpaired) electrons. The molecule has 0 amide bonds. The van der Waals surface area contributed by atoms with Gasteiger partial charge in [-0.25, -0.2) is 0 Å². The van der Waals surface area contributed by atoms with E-state index in [1.54, 1.807) is 0 Å². The second kappa shape index (κ2) is 2.67. The maximum atomic E-state index is 9.24. The minimum absolute atomic E-state index is 0.0928. The first-order valence-corrected chi connectivity index (χ1v) is 3.64. The van der Waals surface area contributed by atoms with Gasteiger partial charge in [-0.15, -0.1) is 0 Å². The van der Waals surface area contributed by atoms with Crippen LogP contribution in [0.25, 0.3) is 0 Å². The molecule has 0 spiro atoms. The van der Waals surface area contributed by atoms with Gasteiger partial charge in [0.2, 0.25) is 0 Å². The third-order valence-electron chi connectivity index (χ3n) is 2.16. The summed E-state index contributed by atoms with van der Waals surface area (Å²) in [5.41, 5.74) is 5.68.